The summed E-state index contributed by atoms with van der Waals surface area (Å²) in [5.41, 5.74) is 2.18. The molecule has 0 fully saturated rings. The lowest BCUT2D eigenvalue weighted by Gasteiger charge is -2.13. The predicted molar refractivity (Wildman–Crippen MR) is 85.9 cm³/mol. The highest BCUT2D eigenvalue weighted by atomic mass is 16.5. The van der Waals surface area contributed by atoms with Gasteiger partial charge in [-0.3, -0.25) is 0 Å². The van der Waals surface area contributed by atoms with Crippen LogP contribution in [-0.4, -0.2) is 13.2 Å². The van der Waals surface area contributed by atoms with Gasteiger partial charge in [0.1, 0.15) is 11.5 Å². The molecule has 2 rings (SSSR count). The predicted octanol–water partition coefficient (Wildman–Crippen LogP) is 4.25. The van der Waals surface area contributed by atoms with Crippen LogP contribution in [0.2, 0.25) is 0 Å². The van der Waals surface area contributed by atoms with E-state index >= 15 is 0 Å². The van der Waals surface area contributed by atoms with Gasteiger partial charge in [0.05, 0.1) is 19.1 Å². The van der Waals surface area contributed by atoms with Crippen LogP contribution in [0.15, 0.2) is 48.5 Å². The van der Waals surface area contributed by atoms with Crippen molar-refractivity contribution in [2.45, 2.75) is 19.8 Å². The van der Waals surface area contributed by atoms with Crippen LogP contribution in [0.1, 0.15) is 30.9 Å². The van der Waals surface area contributed by atoms with E-state index in [4.69, 9.17) is 15.9 Å². The summed E-state index contributed by atoms with van der Waals surface area (Å²) in [5.74, 6) is 4.53. The fraction of sp³-hybridized carbons (Fsp3) is 0.263. The lowest BCUT2D eigenvalue weighted by atomic mass is 9.92. The lowest BCUT2D eigenvalue weighted by molar-refractivity contribution is 0.340. The van der Waals surface area contributed by atoms with E-state index < -0.39 is 0 Å². The van der Waals surface area contributed by atoms with Crippen LogP contribution >= 0.6 is 0 Å². The van der Waals surface area contributed by atoms with Gasteiger partial charge in [-0.05, 0) is 49.2 Å². The molecule has 0 spiro atoms. The summed E-state index contributed by atoms with van der Waals surface area (Å²) in [5, 5.41) is 0. The van der Waals surface area contributed by atoms with Crippen LogP contribution in [0.25, 0.3) is 0 Å². The van der Waals surface area contributed by atoms with E-state index in [0.29, 0.717) is 13.2 Å². The average molecular weight is 280 g/mol. The first kappa shape index (κ1) is 15.0. The van der Waals surface area contributed by atoms with Crippen molar-refractivity contribution >= 4 is 0 Å². The maximum Gasteiger partial charge on any atom is 0.119 e. The molecule has 0 aromatic heterocycles. The van der Waals surface area contributed by atoms with Gasteiger partial charge in [0.15, 0.2) is 0 Å². The molecule has 0 aliphatic rings. The average Bonchev–Trinajstić information content (AvgIpc) is 2.52. The van der Waals surface area contributed by atoms with E-state index in [9.17, 15) is 0 Å². The number of benzene rings is 2. The third-order valence-corrected chi connectivity index (χ3v) is 3.22. The second kappa shape index (κ2) is 7.40. The Morgan fingerprint density at radius 3 is 1.48 bits per heavy atom. The fourth-order valence-electron chi connectivity index (χ4n) is 2.23. The Bertz CT molecular complexity index is 541. The first-order valence-electron chi connectivity index (χ1n) is 7.20. The largest absolute Gasteiger partial charge is 0.494 e. The van der Waals surface area contributed by atoms with Crippen molar-refractivity contribution in [3.05, 3.63) is 59.7 Å². The molecule has 0 radical (unpaired) electrons. The summed E-state index contributed by atoms with van der Waals surface area (Å²) in [4.78, 5) is 0. The van der Waals surface area contributed by atoms with Gasteiger partial charge in [-0.25, -0.2) is 0 Å². The zero-order valence-electron chi connectivity index (χ0n) is 12.5. The topological polar surface area (TPSA) is 18.5 Å². The Balaban J connectivity index is 2.20. The summed E-state index contributed by atoms with van der Waals surface area (Å²) >= 11 is 0. The summed E-state index contributed by atoms with van der Waals surface area (Å²) in [6.45, 7) is 5.27. The molecule has 2 heteroatoms. The van der Waals surface area contributed by atoms with Crippen molar-refractivity contribution in [3.63, 3.8) is 0 Å². The van der Waals surface area contributed by atoms with Gasteiger partial charge >= 0.3 is 0 Å². The van der Waals surface area contributed by atoms with Gasteiger partial charge < -0.3 is 9.47 Å². The van der Waals surface area contributed by atoms with Gasteiger partial charge in [-0.15, -0.1) is 6.42 Å². The Morgan fingerprint density at radius 2 is 1.19 bits per heavy atom. The number of terminal acetylenes is 1. The molecule has 2 nitrogen and oxygen atoms in total. The molecule has 0 unspecified atom stereocenters. The molecule has 0 aliphatic heterocycles. The molecular formula is C19H20O2. The van der Waals surface area contributed by atoms with Crippen LogP contribution < -0.4 is 9.47 Å². The van der Waals surface area contributed by atoms with E-state index in [1.54, 1.807) is 0 Å². The standard InChI is InChI=1S/C19H20O2/c1-4-19(15-7-11-17(12-8-15)20-5-2)16-9-13-18(14-10-16)21-6-3/h1,7-14,19H,5-6H2,2-3H3. The lowest BCUT2D eigenvalue weighted by Crippen LogP contribution is -1.99. The molecule has 2 aromatic rings. The van der Waals surface area contributed by atoms with Crippen molar-refractivity contribution in [2.75, 3.05) is 13.2 Å². The SMILES string of the molecule is C#CC(c1ccc(OCC)cc1)c1ccc(OCC)cc1. The third-order valence-electron chi connectivity index (χ3n) is 3.22. The minimum Gasteiger partial charge on any atom is -0.494 e. The number of ether oxygens (including phenoxy) is 2. The molecule has 0 aliphatic carbocycles. The van der Waals surface area contributed by atoms with Gasteiger partial charge in [-0.1, -0.05) is 30.2 Å². The molecule has 0 atom stereocenters. The summed E-state index contributed by atoms with van der Waals surface area (Å²) in [7, 11) is 0. The Kier molecular flexibility index (Phi) is 5.29. The van der Waals surface area contributed by atoms with Crippen LogP contribution in [0.3, 0.4) is 0 Å². The summed E-state index contributed by atoms with van der Waals surface area (Å²) in [6.07, 6.45) is 5.72. The maximum atomic E-state index is 5.72. The molecule has 0 N–H and O–H groups in total. The minimum absolute atomic E-state index is 0.0589. The van der Waals surface area contributed by atoms with Crippen LogP contribution in [-0.2, 0) is 0 Å². The highest BCUT2D eigenvalue weighted by Gasteiger charge is 2.11. The number of hydrogen-bond acceptors (Lipinski definition) is 2. The maximum absolute atomic E-state index is 5.72. The molecule has 108 valence electrons. The van der Waals surface area contributed by atoms with Gasteiger partial charge in [0.25, 0.3) is 0 Å². The number of hydrogen-bond donors (Lipinski definition) is 0. The van der Waals surface area contributed by atoms with Crippen LogP contribution in [0.5, 0.6) is 11.5 Å². The van der Waals surface area contributed by atoms with E-state index in [-0.39, 0.29) is 5.92 Å². The fourth-order valence-corrected chi connectivity index (χ4v) is 2.23. The summed E-state index contributed by atoms with van der Waals surface area (Å²) in [6, 6.07) is 15.9. The van der Waals surface area contributed by atoms with Crippen LogP contribution in [0.4, 0.5) is 0 Å². The Morgan fingerprint density at radius 1 is 0.810 bits per heavy atom. The third kappa shape index (κ3) is 3.79. The van der Waals surface area contributed by atoms with Gasteiger partial charge in [0.2, 0.25) is 0 Å². The highest BCUT2D eigenvalue weighted by molar-refractivity contribution is 5.43. The Labute approximate surface area is 126 Å². The van der Waals surface area contributed by atoms with Crippen molar-refractivity contribution in [1.82, 2.24) is 0 Å². The second-order valence-corrected chi connectivity index (χ2v) is 4.60. The molecule has 21 heavy (non-hydrogen) atoms. The van der Waals surface area contributed by atoms with Crippen LogP contribution in [0, 0.1) is 12.3 Å². The van der Waals surface area contributed by atoms with Gasteiger partial charge in [0, 0.05) is 0 Å². The van der Waals surface area contributed by atoms with Crippen molar-refractivity contribution in [2.24, 2.45) is 0 Å². The number of rotatable bonds is 6. The van der Waals surface area contributed by atoms with E-state index in [1.165, 1.54) is 0 Å². The minimum atomic E-state index is -0.0589. The van der Waals surface area contributed by atoms with Crippen molar-refractivity contribution in [1.29, 1.82) is 0 Å². The quantitative estimate of drug-likeness (QED) is 0.736. The summed E-state index contributed by atoms with van der Waals surface area (Å²) < 4.78 is 10.9. The van der Waals surface area contributed by atoms with E-state index in [0.717, 1.165) is 22.6 Å². The monoisotopic (exact) mass is 280 g/mol. The van der Waals surface area contributed by atoms with Gasteiger partial charge in [-0.2, -0.15) is 0 Å². The van der Waals surface area contributed by atoms with E-state index in [2.05, 4.69) is 5.92 Å². The van der Waals surface area contributed by atoms with Crippen molar-refractivity contribution in [3.8, 4) is 23.8 Å². The highest BCUT2D eigenvalue weighted by Crippen LogP contribution is 2.27. The molecule has 0 saturated carbocycles. The molecule has 0 heterocycles. The molecule has 0 bridgehead atoms. The van der Waals surface area contributed by atoms with Crippen molar-refractivity contribution < 1.29 is 9.47 Å². The Hall–Kier alpha value is -2.40. The zero-order chi connectivity index (χ0) is 15.1. The molecular weight excluding hydrogens is 260 g/mol. The molecule has 0 saturated heterocycles. The normalized spacial score (nSPS) is 10.2. The zero-order valence-corrected chi connectivity index (χ0v) is 12.5. The first-order chi connectivity index (χ1) is 10.3. The first-order valence-corrected chi connectivity index (χ1v) is 7.20. The molecule has 2 aromatic carbocycles. The van der Waals surface area contributed by atoms with E-state index in [1.807, 2.05) is 62.4 Å². The second-order valence-electron chi connectivity index (χ2n) is 4.60. The molecule has 0 amide bonds. The smallest absolute Gasteiger partial charge is 0.119 e.